The molecule has 1 fully saturated rings. The lowest BCUT2D eigenvalue weighted by Gasteiger charge is -2.34. The zero-order valence-corrected chi connectivity index (χ0v) is 20.2. The minimum absolute atomic E-state index is 0. The van der Waals surface area contributed by atoms with Crippen LogP contribution < -0.4 is 16.0 Å². The number of morpholine rings is 1. The van der Waals surface area contributed by atoms with Crippen LogP contribution in [0.15, 0.2) is 23.2 Å². The Hall–Kier alpha value is -1.46. The number of hydrogen-bond donors (Lipinski definition) is 3. The number of rotatable bonds is 8. The van der Waals surface area contributed by atoms with Gasteiger partial charge in [-0.1, -0.05) is 19.9 Å². The van der Waals surface area contributed by atoms with Crippen LogP contribution in [0.4, 0.5) is 5.82 Å². The van der Waals surface area contributed by atoms with Crippen molar-refractivity contribution in [1.29, 1.82) is 0 Å². The lowest BCUT2D eigenvalue weighted by atomic mass is 10.2. The van der Waals surface area contributed by atoms with Gasteiger partial charge in [0.2, 0.25) is 5.91 Å². The number of aromatic nitrogens is 1. The van der Waals surface area contributed by atoms with Crippen LogP contribution in [0.25, 0.3) is 0 Å². The van der Waals surface area contributed by atoms with Crippen molar-refractivity contribution in [2.24, 2.45) is 10.9 Å². The lowest BCUT2D eigenvalue weighted by molar-refractivity contribution is -0.116. The third-order valence-corrected chi connectivity index (χ3v) is 4.37. The topological polar surface area (TPSA) is 90.9 Å². The van der Waals surface area contributed by atoms with Gasteiger partial charge < -0.3 is 20.7 Å². The molecule has 0 aliphatic carbocycles. The summed E-state index contributed by atoms with van der Waals surface area (Å²) in [6, 6.07) is 5.55. The van der Waals surface area contributed by atoms with Crippen LogP contribution in [0.2, 0.25) is 0 Å². The molecule has 1 atom stereocenters. The summed E-state index contributed by atoms with van der Waals surface area (Å²) in [5, 5.41) is 9.26. The molecule has 1 unspecified atom stereocenters. The highest BCUT2D eigenvalue weighted by atomic mass is 127. The van der Waals surface area contributed by atoms with E-state index in [1.807, 2.05) is 19.1 Å². The molecule has 8 nitrogen and oxygen atoms in total. The van der Waals surface area contributed by atoms with Crippen molar-refractivity contribution in [3.05, 3.63) is 23.9 Å². The third kappa shape index (κ3) is 10.2. The second-order valence-corrected chi connectivity index (χ2v) is 7.49. The van der Waals surface area contributed by atoms with Crippen molar-refractivity contribution < 1.29 is 9.53 Å². The van der Waals surface area contributed by atoms with Crippen molar-refractivity contribution in [3.8, 4) is 0 Å². The molecule has 1 aromatic heterocycles. The molecular formula is C20H35IN6O2. The number of halogens is 1. The van der Waals surface area contributed by atoms with E-state index in [0.29, 0.717) is 37.2 Å². The number of anilines is 1. The van der Waals surface area contributed by atoms with E-state index in [9.17, 15) is 4.79 Å². The summed E-state index contributed by atoms with van der Waals surface area (Å²) in [5.74, 6) is 1.82. The predicted octanol–water partition coefficient (Wildman–Crippen LogP) is 1.86. The fourth-order valence-corrected chi connectivity index (χ4v) is 3.13. The maximum Gasteiger partial charge on any atom is 0.227 e. The van der Waals surface area contributed by atoms with Gasteiger partial charge in [0.15, 0.2) is 5.96 Å². The Morgan fingerprint density at radius 3 is 2.86 bits per heavy atom. The molecule has 1 amide bonds. The maximum absolute atomic E-state index is 12.0. The Bertz CT molecular complexity index is 656. The second kappa shape index (κ2) is 13.7. The smallest absolute Gasteiger partial charge is 0.227 e. The first-order valence-electron chi connectivity index (χ1n) is 9.98. The minimum Gasteiger partial charge on any atom is -0.374 e. The molecule has 0 saturated carbocycles. The van der Waals surface area contributed by atoms with E-state index in [1.54, 1.807) is 13.1 Å². The summed E-state index contributed by atoms with van der Waals surface area (Å²) >= 11 is 0. The number of carbonyl (C=O) groups excluding carboxylic acids is 1. The molecule has 0 spiro atoms. The summed E-state index contributed by atoms with van der Waals surface area (Å²) in [4.78, 5) is 23.0. The van der Waals surface area contributed by atoms with Crippen molar-refractivity contribution in [1.82, 2.24) is 20.5 Å². The molecule has 2 rings (SSSR count). The number of hydrogen-bond acceptors (Lipinski definition) is 5. The summed E-state index contributed by atoms with van der Waals surface area (Å²) in [6.45, 7) is 11.3. The standard InChI is InChI=1S/C20H34N6O2.HI/c1-15(2)13-26-10-11-28-17(14-26)12-23-20(21-4)22-9-8-19(27)25-18-7-5-6-16(3)24-18;/h5-7,15,17H,8-14H2,1-4H3,(H2,21,22,23)(H,24,25,27);1H. The van der Waals surface area contributed by atoms with Gasteiger partial charge in [-0.15, -0.1) is 24.0 Å². The van der Waals surface area contributed by atoms with Crippen molar-refractivity contribution in [2.75, 3.05) is 51.7 Å². The van der Waals surface area contributed by atoms with Crippen molar-refractivity contribution in [2.45, 2.75) is 33.3 Å². The number of pyridine rings is 1. The summed E-state index contributed by atoms with van der Waals surface area (Å²) in [6.07, 6.45) is 0.472. The first-order chi connectivity index (χ1) is 13.5. The number of ether oxygens (including phenoxy) is 1. The Kier molecular flexibility index (Phi) is 12.1. The van der Waals surface area contributed by atoms with Gasteiger partial charge >= 0.3 is 0 Å². The zero-order valence-electron chi connectivity index (χ0n) is 17.9. The monoisotopic (exact) mass is 518 g/mol. The second-order valence-electron chi connectivity index (χ2n) is 7.49. The van der Waals surface area contributed by atoms with Gasteiger partial charge in [-0.05, 0) is 25.0 Å². The summed E-state index contributed by atoms with van der Waals surface area (Å²) in [7, 11) is 1.72. The first kappa shape index (κ1) is 25.6. The Balaban J connectivity index is 0.00000420. The number of guanidine groups is 1. The van der Waals surface area contributed by atoms with Gasteiger partial charge in [0.1, 0.15) is 5.82 Å². The van der Waals surface area contributed by atoms with E-state index in [-0.39, 0.29) is 36.0 Å². The number of amides is 1. The number of nitrogens with zero attached hydrogens (tertiary/aromatic N) is 3. The SMILES string of the molecule is CN=C(NCCC(=O)Nc1cccc(C)n1)NCC1CN(CC(C)C)CCO1.I. The molecule has 1 saturated heterocycles. The molecule has 9 heteroatoms. The Labute approximate surface area is 191 Å². The van der Waals surface area contributed by atoms with E-state index < -0.39 is 0 Å². The molecule has 29 heavy (non-hydrogen) atoms. The van der Waals surface area contributed by atoms with E-state index in [0.717, 1.165) is 31.9 Å². The van der Waals surface area contributed by atoms with Crippen molar-refractivity contribution in [3.63, 3.8) is 0 Å². The average Bonchev–Trinajstić information content (AvgIpc) is 2.64. The number of aliphatic imine (C=N–C) groups is 1. The molecule has 0 radical (unpaired) electrons. The summed E-state index contributed by atoms with van der Waals surface area (Å²) < 4.78 is 5.85. The first-order valence-corrected chi connectivity index (χ1v) is 9.98. The van der Waals surface area contributed by atoms with Gasteiger partial charge in [-0.25, -0.2) is 4.98 Å². The van der Waals surface area contributed by atoms with Crippen LogP contribution in [0, 0.1) is 12.8 Å². The van der Waals surface area contributed by atoms with Crippen LogP contribution >= 0.6 is 24.0 Å². The highest BCUT2D eigenvalue weighted by Crippen LogP contribution is 2.07. The van der Waals surface area contributed by atoms with E-state index in [2.05, 4.69) is 44.7 Å². The largest absolute Gasteiger partial charge is 0.374 e. The average molecular weight is 518 g/mol. The molecule has 1 aliphatic rings. The fraction of sp³-hybridized carbons (Fsp3) is 0.650. The van der Waals surface area contributed by atoms with Crippen LogP contribution in [0.3, 0.4) is 0 Å². The van der Waals surface area contributed by atoms with Gasteiger partial charge in [0, 0.05) is 51.9 Å². The quantitative estimate of drug-likeness (QED) is 0.277. The Morgan fingerprint density at radius 2 is 2.17 bits per heavy atom. The third-order valence-electron chi connectivity index (χ3n) is 4.37. The van der Waals surface area contributed by atoms with Gasteiger partial charge in [0.05, 0.1) is 12.7 Å². The maximum atomic E-state index is 12.0. The van der Waals surface area contributed by atoms with Crippen LogP contribution in [0.5, 0.6) is 0 Å². The van der Waals surface area contributed by atoms with Crippen molar-refractivity contribution >= 4 is 41.7 Å². The fourth-order valence-electron chi connectivity index (χ4n) is 3.13. The zero-order chi connectivity index (χ0) is 20.4. The molecule has 0 bridgehead atoms. The van der Waals surface area contributed by atoms with Crippen LogP contribution in [-0.4, -0.2) is 74.2 Å². The molecule has 3 N–H and O–H groups in total. The molecule has 2 heterocycles. The molecule has 164 valence electrons. The predicted molar refractivity (Wildman–Crippen MR) is 128 cm³/mol. The van der Waals surface area contributed by atoms with E-state index >= 15 is 0 Å². The highest BCUT2D eigenvalue weighted by Gasteiger charge is 2.21. The molecule has 1 aromatic rings. The lowest BCUT2D eigenvalue weighted by Crippen LogP contribution is -2.50. The van der Waals surface area contributed by atoms with Gasteiger partial charge in [-0.2, -0.15) is 0 Å². The summed E-state index contributed by atoms with van der Waals surface area (Å²) in [5.41, 5.74) is 0.873. The highest BCUT2D eigenvalue weighted by molar-refractivity contribution is 14.0. The Morgan fingerprint density at radius 1 is 1.38 bits per heavy atom. The van der Waals surface area contributed by atoms with Crippen LogP contribution in [-0.2, 0) is 9.53 Å². The molecule has 1 aliphatic heterocycles. The van der Waals surface area contributed by atoms with Gasteiger partial charge in [-0.3, -0.25) is 14.7 Å². The molecular weight excluding hydrogens is 483 g/mol. The normalized spacial score (nSPS) is 17.6. The van der Waals surface area contributed by atoms with E-state index in [1.165, 1.54) is 0 Å². The van der Waals surface area contributed by atoms with Gasteiger partial charge in [0.25, 0.3) is 0 Å². The number of nitrogens with one attached hydrogen (secondary N) is 3. The minimum atomic E-state index is -0.0824. The number of aryl methyl sites for hydroxylation is 1. The van der Waals surface area contributed by atoms with Crippen LogP contribution in [0.1, 0.15) is 26.0 Å². The van der Waals surface area contributed by atoms with E-state index in [4.69, 9.17) is 4.74 Å². The molecule has 0 aromatic carbocycles. The number of carbonyl (C=O) groups is 1.